The van der Waals surface area contributed by atoms with Crippen molar-refractivity contribution in [3.05, 3.63) is 41.7 Å². The highest BCUT2D eigenvalue weighted by molar-refractivity contribution is 7.89. The first-order valence-electron chi connectivity index (χ1n) is 7.57. The van der Waals surface area contributed by atoms with E-state index in [1.807, 2.05) is 45.0 Å². The van der Waals surface area contributed by atoms with Crippen molar-refractivity contribution in [2.45, 2.75) is 33.2 Å². The minimum absolute atomic E-state index is 0.128. The zero-order valence-electron chi connectivity index (χ0n) is 13.9. The average Bonchev–Trinajstić information content (AvgIpc) is 2.88. The Kier molecular flexibility index (Phi) is 5.43. The molecule has 0 saturated carbocycles. The monoisotopic (exact) mass is 337 g/mol. The third kappa shape index (κ3) is 4.11. The van der Waals surface area contributed by atoms with Crippen LogP contribution in [0.1, 0.15) is 37.6 Å². The number of hydrogen-bond donors (Lipinski definition) is 1. The first kappa shape index (κ1) is 17.5. The SMILES string of the molecule is CCCS(=O)(=O)NC(C)c1cnn(-c2ccc(OC)cc2)c1C. The summed E-state index contributed by atoms with van der Waals surface area (Å²) < 4.78 is 33.5. The normalized spacial score (nSPS) is 13.0. The molecular weight excluding hydrogens is 314 g/mol. The van der Waals surface area contributed by atoms with E-state index in [4.69, 9.17) is 4.74 Å². The average molecular weight is 337 g/mol. The third-order valence-electron chi connectivity index (χ3n) is 3.66. The summed E-state index contributed by atoms with van der Waals surface area (Å²) in [5.74, 6) is 0.905. The van der Waals surface area contributed by atoms with Gasteiger partial charge in [-0.05, 0) is 44.5 Å². The van der Waals surface area contributed by atoms with Crippen molar-refractivity contribution in [1.82, 2.24) is 14.5 Å². The number of rotatable bonds is 7. The Morgan fingerprint density at radius 2 is 1.96 bits per heavy atom. The number of nitrogens with one attached hydrogen (secondary N) is 1. The van der Waals surface area contributed by atoms with E-state index >= 15 is 0 Å². The molecule has 0 radical (unpaired) electrons. The molecule has 0 aliphatic carbocycles. The van der Waals surface area contributed by atoms with Crippen molar-refractivity contribution in [1.29, 1.82) is 0 Å². The molecule has 1 atom stereocenters. The topological polar surface area (TPSA) is 73.2 Å². The summed E-state index contributed by atoms with van der Waals surface area (Å²) in [6.07, 6.45) is 2.30. The molecule has 1 heterocycles. The van der Waals surface area contributed by atoms with Gasteiger partial charge >= 0.3 is 0 Å². The zero-order chi connectivity index (χ0) is 17.0. The molecule has 2 aromatic rings. The highest BCUT2D eigenvalue weighted by atomic mass is 32.2. The molecule has 126 valence electrons. The van der Waals surface area contributed by atoms with Gasteiger partial charge in [-0.25, -0.2) is 17.8 Å². The molecule has 1 aromatic carbocycles. The second-order valence-corrected chi connectivity index (χ2v) is 7.33. The number of methoxy groups -OCH3 is 1. The fourth-order valence-corrected chi connectivity index (χ4v) is 3.81. The standard InChI is InChI=1S/C16H23N3O3S/c1-5-10-23(20,21)18-12(2)16-11-17-19(13(16)3)14-6-8-15(22-4)9-7-14/h6-9,11-12,18H,5,10H2,1-4H3. The molecule has 0 amide bonds. The predicted octanol–water partition coefficient (Wildman–Crippen LogP) is 2.58. The Morgan fingerprint density at radius 3 is 2.52 bits per heavy atom. The van der Waals surface area contributed by atoms with Crippen LogP contribution >= 0.6 is 0 Å². The van der Waals surface area contributed by atoms with Crippen LogP contribution < -0.4 is 9.46 Å². The molecule has 0 aliphatic heterocycles. The van der Waals surface area contributed by atoms with Crippen LogP contribution in [0.15, 0.2) is 30.5 Å². The second-order valence-electron chi connectivity index (χ2n) is 5.45. The van der Waals surface area contributed by atoms with Gasteiger partial charge in [0.25, 0.3) is 0 Å². The number of hydrogen-bond acceptors (Lipinski definition) is 4. The minimum Gasteiger partial charge on any atom is -0.497 e. The van der Waals surface area contributed by atoms with Crippen LogP contribution in [-0.2, 0) is 10.0 Å². The Bertz CT molecular complexity index is 751. The summed E-state index contributed by atoms with van der Waals surface area (Å²) in [7, 11) is -1.64. The summed E-state index contributed by atoms with van der Waals surface area (Å²) in [6.45, 7) is 5.60. The summed E-state index contributed by atoms with van der Waals surface area (Å²) in [5.41, 5.74) is 2.67. The van der Waals surface area contributed by atoms with Gasteiger partial charge < -0.3 is 4.74 Å². The third-order valence-corrected chi connectivity index (χ3v) is 5.32. The highest BCUT2D eigenvalue weighted by Gasteiger charge is 2.19. The fraction of sp³-hybridized carbons (Fsp3) is 0.438. The minimum atomic E-state index is -3.26. The Morgan fingerprint density at radius 1 is 1.30 bits per heavy atom. The fourth-order valence-electron chi connectivity index (χ4n) is 2.49. The van der Waals surface area contributed by atoms with Gasteiger partial charge in [0.05, 0.1) is 24.7 Å². The van der Waals surface area contributed by atoms with E-state index in [1.54, 1.807) is 18.0 Å². The summed E-state index contributed by atoms with van der Waals surface area (Å²) in [4.78, 5) is 0. The van der Waals surface area contributed by atoms with Crippen molar-refractivity contribution in [3.8, 4) is 11.4 Å². The van der Waals surface area contributed by atoms with Crippen LogP contribution in [0.5, 0.6) is 5.75 Å². The predicted molar refractivity (Wildman–Crippen MR) is 90.5 cm³/mol. The van der Waals surface area contributed by atoms with Gasteiger partial charge in [0.1, 0.15) is 5.75 Å². The van der Waals surface area contributed by atoms with E-state index in [-0.39, 0.29) is 11.8 Å². The molecule has 23 heavy (non-hydrogen) atoms. The lowest BCUT2D eigenvalue weighted by Gasteiger charge is -2.14. The van der Waals surface area contributed by atoms with Crippen LogP contribution in [-0.4, -0.2) is 31.1 Å². The summed E-state index contributed by atoms with van der Waals surface area (Å²) in [6, 6.07) is 7.23. The lowest BCUT2D eigenvalue weighted by atomic mass is 10.1. The summed E-state index contributed by atoms with van der Waals surface area (Å²) >= 11 is 0. The summed E-state index contributed by atoms with van der Waals surface area (Å²) in [5, 5.41) is 4.38. The van der Waals surface area contributed by atoms with Crippen molar-refractivity contribution in [2.24, 2.45) is 0 Å². The van der Waals surface area contributed by atoms with Gasteiger partial charge in [-0.1, -0.05) is 6.92 Å². The molecule has 0 bridgehead atoms. The van der Waals surface area contributed by atoms with Crippen LogP contribution in [0.4, 0.5) is 0 Å². The van der Waals surface area contributed by atoms with Crippen LogP contribution in [0.3, 0.4) is 0 Å². The van der Waals surface area contributed by atoms with Gasteiger partial charge in [0.15, 0.2) is 0 Å². The number of ether oxygens (including phenoxy) is 1. The molecule has 2 rings (SSSR count). The van der Waals surface area contributed by atoms with Gasteiger partial charge in [0.2, 0.25) is 10.0 Å². The first-order chi connectivity index (χ1) is 10.9. The maximum Gasteiger partial charge on any atom is 0.212 e. The van der Waals surface area contributed by atoms with Crippen molar-refractivity contribution < 1.29 is 13.2 Å². The lowest BCUT2D eigenvalue weighted by Crippen LogP contribution is -2.29. The number of nitrogens with zero attached hydrogens (tertiary/aromatic N) is 2. The first-order valence-corrected chi connectivity index (χ1v) is 9.22. The maximum atomic E-state index is 11.9. The Labute approximate surface area is 137 Å². The molecular formula is C16H23N3O3S. The zero-order valence-corrected chi connectivity index (χ0v) is 14.7. The van der Waals surface area contributed by atoms with Crippen LogP contribution in [0, 0.1) is 6.92 Å². The Hall–Kier alpha value is -1.86. The molecule has 0 fully saturated rings. The lowest BCUT2D eigenvalue weighted by molar-refractivity contribution is 0.414. The quantitative estimate of drug-likeness (QED) is 0.843. The van der Waals surface area contributed by atoms with E-state index in [0.717, 1.165) is 22.7 Å². The van der Waals surface area contributed by atoms with Crippen molar-refractivity contribution in [3.63, 3.8) is 0 Å². The highest BCUT2D eigenvalue weighted by Crippen LogP contribution is 2.22. The molecule has 0 saturated heterocycles. The molecule has 1 aromatic heterocycles. The van der Waals surface area contributed by atoms with Crippen molar-refractivity contribution in [2.75, 3.05) is 12.9 Å². The number of benzene rings is 1. The van der Waals surface area contributed by atoms with Gasteiger partial charge in [-0.15, -0.1) is 0 Å². The maximum absolute atomic E-state index is 11.9. The smallest absolute Gasteiger partial charge is 0.212 e. The van der Waals surface area contributed by atoms with Crippen LogP contribution in [0.2, 0.25) is 0 Å². The van der Waals surface area contributed by atoms with Gasteiger partial charge in [0, 0.05) is 17.3 Å². The van der Waals surface area contributed by atoms with Crippen molar-refractivity contribution >= 4 is 10.0 Å². The van der Waals surface area contributed by atoms with Gasteiger partial charge in [-0.2, -0.15) is 5.10 Å². The largest absolute Gasteiger partial charge is 0.497 e. The van der Waals surface area contributed by atoms with E-state index in [1.165, 1.54) is 0 Å². The molecule has 7 heteroatoms. The van der Waals surface area contributed by atoms with E-state index in [2.05, 4.69) is 9.82 Å². The second kappa shape index (κ2) is 7.14. The molecule has 1 N–H and O–H groups in total. The molecule has 0 spiro atoms. The Balaban J connectivity index is 2.24. The molecule has 6 nitrogen and oxygen atoms in total. The van der Waals surface area contributed by atoms with E-state index in [9.17, 15) is 8.42 Å². The molecule has 1 unspecified atom stereocenters. The number of sulfonamides is 1. The van der Waals surface area contributed by atoms with E-state index in [0.29, 0.717) is 6.42 Å². The number of aromatic nitrogens is 2. The van der Waals surface area contributed by atoms with E-state index < -0.39 is 10.0 Å². The van der Waals surface area contributed by atoms with Crippen LogP contribution in [0.25, 0.3) is 5.69 Å². The molecule has 0 aliphatic rings. The van der Waals surface area contributed by atoms with Gasteiger partial charge in [-0.3, -0.25) is 0 Å².